The van der Waals surface area contributed by atoms with E-state index in [1.165, 1.54) is 25.5 Å². The molecule has 1 rings (SSSR count). The Balaban J connectivity index is 2.71. The van der Waals surface area contributed by atoms with Crippen LogP contribution in [0.3, 0.4) is 0 Å². The number of ketones is 2. The van der Waals surface area contributed by atoms with E-state index in [0.29, 0.717) is 6.42 Å². The van der Waals surface area contributed by atoms with Crippen molar-refractivity contribution >= 4 is 17.7 Å². The van der Waals surface area contributed by atoms with E-state index in [4.69, 9.17) is 4.74 Å². The summed E-state index contributed by atoms with van der Waals surface area (Å²) in [5.74, 6) is -1.36. The Bertz CT molecular complexity index is 554. The molecule has 0 aliphatic rings. The number of rotatable bonds is 10. The molecular formula is C19H25NO4. The minimum atomic E-state index is -0.850. The maximum Gasteiger partial charge on any atom is 0.407 e. The van der Waals surface area contributed by atoms with Gasteiger partial charge in [-0.2, -0.15) is 0 Å². The van der Waals surface area contributed by atoms with Crippen LogP contribution in [0.4, 0.5) is 4.79 Å². The lowest BCUT2D eigenvalue weighted by Gasteiger charge is -2.24. The molecule has 0 radical (unpaired) electrons. The minimum absolute atomic E-state index is 0.0768. The van der Waals surface area contributed by atoms with Crippen molar-refractivity contribution in [1.29, 1.82) is 0 Å². The first kappa shape index (κ1) is 19.6. The van der Waals surface area contributed by atoms with Gasteiger partial charge in [0, 0.05) is 6.04 Å². The molecule has 0 fully saturated rings. The lowest BCUT2D eigenvalue weighted by Crippen LogP contribution is -2.46. The lowest BCUT2D eigenvalue weighted by atomic mass is 9.88. The maximum atomic E-state index is 11.8. The van der Waals surface area contributed by atoms with Crippen LogP contribution in [-0.2, 0) is 20.7 Å². The fourth-order valence-electron chi connectivity index (χ4n) is 2.67. The van der Waals surface area contributed by atoms with Gasteiger partial charge in [-0.05, 0) is 38.7 Å². The summed E-state index contributed by atoms with van der Waals surface area (Å²) in [5, 5.41) is 2.65. The van der Waals surface area contributed by atoms with E-state index in [-0.39, 0.29) is 18.2 Å². The van der Waals surface area contributed by atoms with Gasteiger partial charge in [0.25, 0.3) is 0 Å². The van der Waals surface area contributed by atoms with E-state index in [0.717, 1.165) is 12.8 Å². The Labute approximate surface area is 143 Å². The van der Waals surface area contributed by atoms with Crippen LogP contribution in [0.15, 0.2) is 43.0 Å². The minimum Gasteiger partial charge on any atom is -0.445 e. The maximum absolute atomic E-state index is 11.8. The van der Waals surface area contributed by atoms with Gasteiger partial charge in [-0.25, -0.2) is 4.79 Å². The van der Waals surface area contributed by atoms with Crippen molar-refractivity contribution in [2.24, 2.45) is 5.92 Å². The average Bonchev–Trinajstić information content (AvgIpc) is 2.53. The summed E-state index contributed by atoms with van der Waals surface area (Å²) in [5.41, 5.74) is 1.17. The third-order valence-electron chi connectivity index (χ3n) is 3.74. The van der Waals surface area contributed by atoms with Crippen LogP contribution in [0, 0.1) is 5.92 Å². The van der Waals surface area contributed by atoms with Gasteiger partial charge in [-0.3, -0.25) is 9.59 Å². The fourth-order valence-corrected chi connectivity index (χ4v) is 2.67. The highest BCUT2D eigenvalue weighted by molar-refractivity contribution is 6.01. The molecule has 0 bridgehead atoms. The number of ether oxygens (including phenoxy) is 1. The third-order valence-corrected chi connectivity index (χ3v) is 3.74. The molecule has 0 aromatic heterocycles. The Kier molecular flexibility index (Phi) is 8.47. The molecule has 0 heterocycles. The van der Waals surface area contributed by atoms with Crippen LogP contribution in [0.25, 0.3) is 0 Å². The van der Waals surface area contributed by atoms with Crippen molar-refractivity contribution < 1.29 is 19.1 Å². The van der Waals surface area contributed by atoms with Crippen molar-refractivity contribution in [1.82, 2.24) is 5.32 Å². The Hall–Kier alpha value is -2.43. The molecule has 1 atom stereocenters. The summed E-state index contributed by atoms with van der Waals surface area (Å²) in [4.78, 5) is 35.4. The Morgan fingerprint density at radius 2 is 1.79 bits per heavy atom. The summed E-state index contributed by atoms with van der Waals surface area (Å²) in [6, 6.07) is 9.35. The quantitative estimate of drug-likeness (QED) is 0.528. The topological polar surface area (TPSA) is 72.5 Å². The molecule has 130 valence electrons. The number of alkyl carbamates (subject to hydrolysis) is 1. The van der Waals surface area contributed by atoms with E-state index < -0.39 is 18.1 Å². The zero-order valence-electron chi connectivity index (χ0n) is 14.3. The summed E-state index contributed by atoms with van der Waals surface area (Å²) in [6.07, 6.45) is 2.88. The smallest absolute Gasteiger partial charge is 0.407 e. The molecule has 24 heavy (non-hydrogen) atoms. The summed E-state index contributed by atoms with van der Waals surface area (Å²) in [6.45, 7) is 6.29. The number of benzene rings is 1. The first-order chi connectivity index (χ1) is 11.5. The van der Waals surface area contributed by atoms with Crippen LogP contribution >= 0.6 is 0 Å². The standard InChI is InChI=1S/C19H25NO4/c1-4-13-24-19(23)20-17(18(14(2)21)15(3)22)12-8-11-16-9-6-5-7-10-16/h4-7,9-10,17-18H,1,8,11-13H2,2-3H3,(H,20,23)/t17-/m0/s1. The second-order valence-electron chi connectivity index (χ2n) is 5.71. The number of hydrogen-bond acceptors (Lipinski definition) is 4. The van der Waals surface area contributed by atoms with E-state index >= 15 is 0 Å². The van der Waals surface area contributed by atoms with Gasteiger partial charge >= 0.3 is 6.09 Å². The van der Waals surface area contributed by atoms with Crippen LogP contribution < -0.4 is 5.32 Å². The predicted octanol–water partition coefficient (Wildman–Crippen LogP) is 3.08. The molecule has 1 N–H and O–H groups in total. The predicted molar refractivity (Wildman–Crippen MR) is 92.7 cm³/mol. The number of nitrogens with one attached hydrogen (secondary N) is 1. The molecule has 0 spiro atoms. The number of carbonyl (C=O) groups excluding carboxylic acids is 3. The number of amides is 1. The second-order valence-corrected chi connectivity index (χ2v) is 5.71. The van der Waals surface area contributed by atoms with Gasteiger partial charge in [0.15, 0.2) is 0 Å². The summed E-state index contributed by atoms with van der Waals surface area (Å²) >= 11 is 0. The highest BCUT2D eigenvalue weighted by Gasteiger charge is 2.30. The SMILES string of the molecule is C=CCOC(=O)N[C@@H](CCCc1ccccc1)C(C(C)=O)C(C)=O. The molecule has 0 unspecified atom stereocenters. The number of carbonyl (C=O) groups is 3. The average molecular weight is 331 g/mol. The zero-order chi connectivity index (χ0) is 17.9. The number of hydrogen-bond donors (Lipinski definition) is 1. The molecule has 5 heteroatoms. The van der Waals surface area contributed by atoms with Crippen LogP contribution in [0.2, 0.25) is 0 Å². The molecule has 1 aromatic carbocycles. The molecule has 1 aromatic rings. The van der Waals surface area contributed by atoms with Crippen molar-refractivity contribution in [3.8, 4) is 0 Å². The van der Waals surface area contributed by atoms with E-state index in [1.54, 1.807) is 0 Å². The second kappa shape index (κ2) is 10.4. The van der Waals surface area contributed by atoms with E-state index in [2.05, 4.69) is 11.9 Å². The summed E-state index contributed by atoms with van der Waals surface area (Å²) in [7, 11) is 0. The molecule has 0 aliphatic carbocycles. The lowest BCUT2D eigenvalue weighted by molar-refractivity contribution is -0.131. The zero-order valence-corrected chi connectivity index (χ0v) is 14.3. The number of Topliss-reactive ketones (excluding diaryl/α,β-unsaturated/α-hetero) is 2. The van der Waals surface area contributed by atoms with Gasteiger partial charge in [0.05, 0.1) is 5.92 Å². The largest absolute Gasteiger partial charge is 0.445 e. The molecule has 0 aliphatic heterocycles. The Morgan fingerprint density at radius 1 is 1.17 bits per heavy atom. The van der Waals surface area contributed by atoms with Gasteiger partial charge in [-0.15, -0.1) is 0 Å². The van der Waals surface area contributed by atoms with Gasteiger partial charge in [0.2, 0.25) is 0 Å². The van der Waals surface area contributed by atoms with Gasteiger partial charge in [0.1, 0.15) is 18.2 Å². The summed E-state index contributed by atoms with van der Waals surface area (Å²) < 4.78 is 4.91. The number of aryl methyl sites for hydroxylation is 1. The fraction of sp³-hybridized carbons (Fsp3) is 0.421. The van der Waals surface area contributed by atoms with Gasteiger partial charge in [-0.1, -0.05) is 43.0 Å². The van der Waals surface area contributed by atoms with E-state index in [9.17, 15) is 14.4 Å². The first-order valence-corrected chi connectivity index (χ1v) is 8.04. The highest BCUT2D eigenvalue weighted by atomic mass is 16.5. The molecule has 0 saturated carbocycles. The first-order valence-electron chi connectivity index (χ1n) is 8.04. The van der Waals surface area contributed by atoms with Crippen LogP contribution in [0.5, 0.6) is 0 Å². The third kappa shape index (κ3) is 6.77. The Morgan fingerprint density at radius 3 is 2.33 bits per heavy atom. The van der Waals surface area contributed by atoms with Crippen molar-refractivity contribution in [3.05, 3.63) is 48.6 Å². The van der Waals surface area contributed by atoms with Crippen molar-refractivity contribution in [2.45, 2.75) is 39.2 Å². The van der Waals surface area contributed by atoms with Crippen LogP contribution in [-0.4, -0.2) is 30.3 Å². The van der Waals surface area contributed by atoms with Crippen LogP contribution in [0.1, 0.15) is 32.3 Å². The highest BCUT2D eigenvalue weighted by Crippen LogP contribution is 2.15. The monoisotopic (exact) mass is 331 g/mol. The molecular weight excluding hydrogens is 306 g/mol. The molecule has 5 nitrogen and oxygen atoms in total. The van der Waals surface area contributed by atoms with E-state index in [1.807, 2.05) is 30.3 Å². The normalized spacial score (nSPS) is 11.6. The van der Waals surface area contributed by atoms with Crippen molar-refractivity contribution in [2.75, 3.05) is 6.61 Å². The van der Waals surface area contributed by atoms with Gasteiger partial charge < -0.3 is 10.1 Å². The molecule has 1 amide bonds. The van der Waals surface area contributed by atoms with Crippen molar-refractivity contribution in [3.63, 3.8) is 0 Å². The molecule has 0 saturated heterocycles.